The molecule has 0 aromatic heterocycles. The summed E-state index contributed by atoms with van der Waals surface area (Å²) in [5, 5.41) is 5.64. The first-order chi connectivity index (χ1) is 6.72. The van der Waals surface area contributed by atoms with E-state index in [2.05, 4.69) is 17.6 Å². The second-order valence-corrected chi connectivity index (χ2v) is 3.94. The van der Waals surface area contributed by atoms with Gasteiger partial charge in [-0.1, -0.05) is 12.5 Å². The van der Waals surface area contributed by atoms with Crippen LogP contribution in [0.2, 0.25) is 0 Å². The van der Waals surface area contributed by atoms with Crippen molar-refractivity contribution in [3.63, 3.8) is 0 Å². The van der Waals surface area contributed by atoms with Crippen LogP contribution in [0.15, 0.2) is 11.8 Å². The Balaban J connectivity index is 2.23. The molecule has 0 bridgehead atoms. The molecule has 0 aromatic carbocycles. The third-order valence-electron chi connectivity index (χ3n) is 2.64. The molecule has 0 heterocycles. The van der Waals surface area contributed by atoms with Crippen LogP contribution in [0, 0.1) is 0 Å². The number of hydrogen-bond acceptors (Lipinski definition) is 1. The summed E-state index contributed by atoms with van der Waals surface area (Å²) in [5.74, 6) is 0. The molecule has 0 spiro atoms. The fraction of sp³-hybridized carbons (Fsp3) is 0.727. The topological polar surface area (TPSA) is 41.1 Å². The molecule has 1 aliphatic carbocycles. The van der Waals surface area contributed by atoms with Crippen LogP contribution < -0.4 is 10.6 Å². The molecule has 1 aliphatic rings. The van der Waals surface area contributed by atoms with E-state index in [1.54, 1.807) is 0 Å². The third-order valence-corrected chi connectivity index (χ3v) is 2.64. The van der Waals surface area contributed by atoms with Crippen LogP contribution in [0.25, 0.3) is 0 Å². The highest BCUT2D eigenvalue weighted by Gasteiger charge is 2.07. The summed E-state index contributed by atoms with van der Waals surface area (Å²) in [6.07, 6.45) is 7.64. The fourth-order valence-corrected chi connectivity index (χ4v) is 1.51. The van der Waals surface area contributed by atoms with Crippen molar-refractivity contribution < 1.29 is 4.79 Å². The summed E-state index contributed by atoms with van der Waals surface area (Å²) in [7, 11) is 0. The van der Waals surface area contributed by atoms with E-state index in [1.807, 2.05) is 13.1 Å². The van der Waals surface area contributed by atoms with E-state index in [4.69, 9.17) is 0 Å². The standard InChI is InChI=1S/C11H20N2O/c1-3-9(2)13-11(14)12-8-10-6-4-5-7-10/h8-9H,3-7H2,1-2H3,(H2,12,13,14). The molecule has 3 nitrogen and oxygen atoms in total. The van der Waals surface area contributed by atoms with Crippen LogP contribution in [0.1, 0.15) is 46.0 Å². The maximum Gasteiger partial charge on any atom is 0.318 e. The summed E-state index contributed by atoms with van der Waals surface area (Å²) >= 11 is 0. The van der Waals surface area contributed by atoms with E-state index >= 15 is 0 Å². The number of allylic oxidation sites excluding steroid dienone is 1. The number of carbonyl (C=O) groups is 1. The highest BCUT2D eigenvalue weighted by atomic mass is 16.2. The number of nitrogens with one attached hydrogen (secondary N) is 2. The molecule has 0 aliphatic heterocycles. The molecule has 3 heteroatoms. The predicted molar refractivity (Wildman–Crippen MR) is 58.0 cm³/mol. The van der Waals surface area contributed by atoms with Crippen molar-refractivity contribution in [3.05, 3.63) is 11.8 Å². The Morgan fingerprint density at radius 3 is 2.71 bits per heavy atom. The quantitative estimate of drug-likeness (QED) is 0.715. The first kappa shape index (κ1) is 11.1. The minimum Gasteiger partial charge on any atom is -0.335 e. The van der Waals surface area contributed by atoms with Crippen molar-refractivity contribution >= 4 is 6.03 Å². The largest absolute Gasteiger partial charge is 0.335 e. The summed E-state index contributed by atoms with van der Waals surface area (Å²) in [5.41, 5.74) is 1.37. The zero-order valence-corrected chi connectivity index (χ0v) is 9.10. The van der Waals surface area contributed by atoms with Gasteiger partial charge >= 0.3 is 6.03 Å². The Morgan fingerprint density at radius 2 is 2.14 bits per heavy atom. The molecule has 1 saturated carbocycles. The Labute approximate surface area is 86.0 Å². The molecule has 2 amide bonds. The van der Waals surface area contributed by atoms with Crippen LogP contribution in [0.4, 0.5) is 4.79 Å². The van der Waals surface area contributed by atoms with Gasteiger partial charge in [-0.2, -0.15) is 0 Å². The molecule has 80 valence electrons. The summed E-state index contributed by atoms with van der Waals surface area (Å²) in [4.78, 5) is 11.3. The Morgan fingerprint density at radius 1 is 1.50 bits per heavy atom. The predicted octanol–water partition coefficient (Wildman–Crippen LogP) is 2.54. The van der Waals surface area contributed by atoms with Gasteiger partial charge in [0.2, 0.25) is 0 Å². The van der Waals surface area contributed by atoms with E-state index in [0.29, 0.717) is 0 Å². The number of urea groups is 1. The average Bonchev–Trinajstić information content (AvgIpc) is 2.67. The minimum absolute atomic E-state index is 0.0845. The van der Waals surface area contributed by atoms with Gasteiger partial charge in [0.1, 0.15) is 0 Å². The number of amides is 2. The molecule has 1 unspecified atom stereocenters. The molecule has 0 aromatic rings. The van der Waals surface area contributed by atoms with E-state index < -0.39 is 0 Å². The molecule has 1 rings (SSSR count). The zero-order valence-electron chi connectivity index (χ0n) is 9.10. The first-order valence-electron chi connectivity index (χ1n) is 5.47. The van der Waals surface area contributed by atoms with Crippen LogP contribution >= 0.6 is 0 Å². The molecule has 14 heavy (non-hydrogen) atoms. The van der Waals surface area contributed by atoms with Gasteiger partial charge in [-0.15, -0.1) is 0 Å². The second-order valence-electron chi connectivity index (χ2n) is 3.94. The van der Waals surface area contributed by atoms with E-state index in [-0.39, 0.29) is 12.1 Å². The van der Waals surface area contributed by atoms with Gasteiger partial charge in [-0.3, -0.25) is 0 Å². The molecule has 1 fully saturated rings. The van der Waals surface area contributed by atoms with Crippen molar-refractivity contribution in [2.75, 3.05) is 0 Å². The number of carbonyl (C=O) groups excluding carboxylic acids is 1. The number of rotatable bonds is 3. The lowest BCUT2D eigenvalue weighted by molar-refractivity contribution is 0.240. The maximum atomic E-state index is 11.3. The second kappa shape index (κ2) is 5.68. The van der Waals surface area contributed by atoms with Gasteiger partial charge < -0.3 is 10.6 Å². The van der Waals surface area contributed by atoms with Crippen molar-refractivity contribution in [2.45, 2.75) is 52.0 Å². The monoisotopic (exact) mass is 196 g/mol. The average molecular weight is 196 g/mol. The normalized spacial score (nSPS) is 17.7. The van der Waals surface area contributed by atoms with E-state index in [1.165, 1.54) is 18.4 Å². The van der Waals surface area contributed by atoms with Gasteiger partial charge in [0.15, 0.2) is 0 Å². The Bertz CT molecular complexity index is 215. The summed E-state index contributed by atoms with van der Waals surface area (Å²) in [6, 6.07) is 0.163. The van der Waals surface area contributed by atoms with Crippen LogP contribution in [-0.2, 0) is 0 Å². The fourth-order valence-electron chi connectivity index (χ4n) is 1.51. The molecule has 0 radical (unpaired) electrons. The van der Waals surface area contributed by atoms with Crippen LogP contribution in [-0.4, -0.2) is 12.1 Å². The van der Waals surface area contributed by atoms with Crippen molar-refractivity contribution in [3.8, 4) is 0 Å². The van der Waals surface area contributed by atoms with Crippen LogP contribution in [0.3, 0.4) is 0 Å². The molecule has 2 N–H and O–H groups in total. The van der Waals surface area contributed by atoms with E-state index in [9.17, 15) is 4.79 Å². The first-order valence-corrected chi connectivity index (χ1v) is 5.47. The van der Waals surface area contributed by atoms with E-state index in [0.717, 1.165) is 19.3 Å². The Hall–Kier alpha value is -0.990. The molecule has 1 atom stereocenters. The molecular weight excluding hydrogens is 176 g/mol. The van der Waals surface area contributed by atoms with Crippen molar-refractivity contribution in [2.24, 2.45) is 0 Å². The lowest BCUT2D eigenvalue weighted by Crippen LogP contribution is -2.38. The Kier molecular flexibility index (Phi) is 4.50. The van der Waals surface area contributed by atoms with Gasteiger partial charge in [-0.05, 0) is 39.0 Å². The maximum absolute atomic E-state index is 11.3. The third kappa shape index (κ3) is 3.81. The molecule has 0 saturated heterocycles. The summed E-state index contributed by atoms with van der Waals surface area (Å²) in [6.45, 7) is 4.06. The van der Waals surface area contributed by atoms with Crippen molar-refractivity contribution in [1.82, 2.24) is 10.6 Å². The highest BCUT2D eigenvalue weighted by Crippen LogP contribution is 2.22. The van der Waals surface area contributed by atoms with Crippen LogP contribution in [0.5, 0.6) is 0 Å². The molecular formula is C11H20N2O. The highest BCUT2D eigenvalue weighted by molar-refractivity contribution is 5.75. The van der Waals surface area contributed by atoms with Gasteiger partial charge in [-0.25, -0.2) is 4.79 Å². The lowest BCUT2D eigenvalue weighted by atomic mass is 10.2. The van der Waals surface area contributed by atoms with Gasteiger partial charge in [0.25, 0.3) is 0 Å². The zero-order chi connectivity index (χ0) is 10.4. The minimum atomic E-state index is -0.0845. The van der Waals surface area contributed by atoms with Gasteiger partial charge in [0.05, 0.1) is 0 Å². The van der Waals surface area contributed by atoms with Gasteiger partial charge in [0, 0.05) is 12.2 Å². The van der Waals surface area contributed by atoms with Crippen molar-refractivity contribution in [1.29, 1.82) is 0 Å². The smallest absolute Gasteiger partial charge is 0.318 e. The SMILES string of the molecule is CCC(C)NC(=O)NC=C1CCCC1. The summed E-state index contributed by atoms with van der Waals surface area (Å²) < 4.78 is 0. The lowest BCUT2D eigenvalue weighted by Gasteiger charge is -2.10. The number of hydrogen-bond donors (Lipinski definition) is 2.